The van der Waals surface area contributed by atoms with E-state index in [1.807, 2.05) is 0 Å². The van der Waals surface area contributed by atoms with E-state index in [1.54, 1.807) is 7.11 Å². The van der Waals surface area contributed by atoms with Gasteiger partial charge >= 0.3 is 0 Å². The highest BCUT2D eigenvalue weighted by Gasteiger charge is 2.19. The number of benzene rings is 1. The third-order valence-electron chi connectivity index (χ3n) is 4.02. The summed E-state index contributed by atoms with van der Waals surface area (Å²) >= 11 is 0. The molecule has 1 N–H and O–H groups in total. The first kappa shape index (κ1) is 14.2. The number of para-hydroxylation sites is 1. The molecule has 3 heteroatoms. The Kier molecular flexibility index (Phi) is 5.08. The van der Waals surface area contributed by atoms with Crippen LogP contribution in [-0.4, -0.2) is 32.8 Å². The number of fused-ring (bicyclic) bond motifs is 1. The van der Waals surface area contributed by atoms with Gasteiger partial charge in [0.05, 0.1) is 18.0 Å². The van der Waals surface area contributed by atoms with Crippen molar-refractivity contribution >= 4 is 11.4 Å². The van der Waals surface area contributed by atoms with Crippen LogP contribution >= 0.6 is 0 Å². The lowest BCUT2D eigenvalue weighted by molar-refractivity contribution is 0.203. The fourth-order valence-corrected chi connectivity index (χ4v) is 2.72. The smallest absolute Gasteiger partial charge is 0.0637 e. The molecule has 0 radical (unpaired) electrons. The third kappa shape index (κ3) is 3.21. The van der Waals surface area contributed by atoms with Crippen LogP contribution in [0.5, 0.6) is 0 Å². The molecule has 0 fully saturated rings. The monoisotopic (exact) mass is 262 g/mol. The fraction of sp³-hybridized carbons (Fsp3) is 0.625. The average Bonchev–Trinajstić information content (AvgIpc) is 2.47. The number of aryl methyl sites for hydroxylation is 1. The lowest BCUT2D eigenvalue weighted by atomic mass is 10.0. The molecule has 19 heavy (non-hydrogen) atoms. The van der Waals surface area contributed by atoms with Gasteiger partial charge in [0.2, 0.25) is 0 Å². The molecule has 3 nitrogen and oxygen atoms in total. The highest BCUT2D eigenvalue weighted by molar-refractivity contribution is 5.75. The summed E-state index contributed by atoms with van der Waals surface area (Å²) in [6, 6.07) is 7.20. The number of nitrogens with one attached hydrogen (secondary N) is 1. The summed E-state index contributed by atoms with van der Waals surface area (Å²) < 4.78 is 5.27. The maximum absolute atomic E-state index is 5.27. The molecule has 0 aromatic heterocycles. The zero-order valence-electron chi connectivity index (χ0n) is 12.4. The van der Waals surface area contributed by atoms with Crippen molar-refractivity contribution in [3.63, 3.8) is 0 Å². The molecular weight excluding hydrogens is 236 g/mol. The van der Waals surface area contributed by atoms with E-state index in [-0.39, 0.29) is 0 Å². The molecule has 1 heterocycles. The van der Waals surface area contributed by atoms with Gasteiger partial charge in [-0.15, -0.1) is 0 Å². The second kappa shape index (κ2) is 6.80. The molecule has 1 atom stereocenters. The molecule has 106 valence electrons. The Bertz CT molecular complexity index is 406. The van der Waals surface area contributed by atoms with Crippen molar-refractivity contribution in [1.29, 1.82) is 0 Å². The van der Waals surface area contributed by atoms with Gasteiger partial charge in [-0.2, -0.15) is 0 Å². The minimum absolute atomic E-state index is 0.533. The lowest BCUT2D eigenvalue weighted by Crippen LogP contribution is -2.36. The fourth-order valence-electron chi connectivity index (χ4n) is 2.72. The van der Waals surface area contributed by atoms with Crippen LogP contribution in [0.4, 0.5) is 11.4 Å². The molecule has 0 amide bonds. The molecule has 2 rings (SSSR count). The molecule has 0 bridgehead atoms. The van der Waals surface area contributed by atoms with Crippen molar-refractivity contribution in [2.45, 2.75) is 39.2 Å². The highest BCUT2D eigenvalue weighted by Crippen LogP contribution is 2.34. The zero-order chi connectivity index (χ0) is 13.7. The zero-order valence-corrected chi connectivity index (χ0v) is 12.4. The second-order valence-electron chi connectivity index (χ2n) is 5.29. The highest BCUT2D eigenvalue weighted by atomic mass is 16.5. The Balaban J connectivity index is 2.29. The van der Waals surface area contributed by atoms with Crippen molar-refractivity contribution < 1.29 is 4.74 Å². The second-order valence-corrected chi connectivity index (χ2v) is 5.29. The third-order valence-corrected chi connectivity index (χ3v) is 4.02. The Hall–Kier alpha value is -1.22. The van der Waals surface area contributed by atoms with Crippen LogP contribution in [-0.2, 0) is 11.2 Å². The van der Waals surface area contributed by atoms with E-state index in [0.29, 0.717) is 6.04 Å². The summed E-state index contributed by atoms with van der Waals surface area (Å²) in [6.45, 7) is 7.34. The molecule has 1 aliphatic heterocycles. The number of ether oxygens (including phenoxy) is 1. The number of anilines is 2. The van der Waals surface area contributed by atoms with E-state index in [2.05, 4.69) is 42.3 Å². The van der Waals surface area contributed by atoms with Crippen molar-refractivity contribution in [3.05, 3.63) is 23.8 Å². The van der Waals surface area contributed by atoms with Gasteiger partial charge in [0.15, 0.2) is 0 Å². The Labute approximate surface area is 116 Å². The maximum atomic E-state index is 5.27. The standard InChI is InChI=1S/C16H26N2O/c1-4-13(2)18(11-12-19-3)15-9-5-7-14-8-6-10-17-16(14)15/h5,7,9,13,17H,4,6,8,10-12H2,1-3H3. The van der Waals surface area contributed by atoms with Crippen LogP contribution < -0.4 is 10.2 Å². The topological polar surface area (TPSA) is 24.5 Å². The first-order valence-electron chi connectivity index (χ1n) is 7.39. The number of hydrogen-bond donors (Lipinski definition) is 1. The summed E-state index contributed by atoms with van der Waals surface area (Å²) in [6.07, 6.45) is 3.57. The van der Waals surface area contributed by atoms with Crippen molar-refractivity contribution in [3.8, 4) is 0 Å². The molecular formula is C16H26N2O. The number of nitrogens with zero attached hydrogens (tertiary/aromatic N) is 1. The molecule has 0 aliphatic carbocycles. The first-order chi connectivity index (χ1) is 9.27. The van der Waals surface area contributed by atoms with Gasteiger partial charge in [0, 0.05) is 26.2 Å². The quantitative estimate of drug-likeness (QED) is 0.851. The van der Waals surface area contributed by atoms with Gasteiger partial charge < -0.3 is 15.0 Å². The van der Waals surface area contributed by atoms with Gasteiger partial charge in [-0.1, -0.05) is 19.1 Å². The summed E-state index contributed by atoms with van der Waals surface area (Å²) in [5.41, 5.74) is 4.13. The summed E-state index contributed by atoms with van der Waals surface area (Å²) in [7, 11) is 1.77. The van der Waals surface area contributed by atoms with Crippen LogP contribution in [0.25, 0.3) is 0 Å². The molecule has 1 aromatic carbocycles. The van der Waals surface area contributed by atoms with Crippen LogP contribution in [0.3, 0.4) is 0 Å². The van der Waals surface area contributed by atoms with Gasteiger partial charge in [-0.25, -0.2) is 0 Å². The van der Waals surface area contributed by atoms with Crippen LogP contribution in [0.15, 0.2) is 18.2 Å². The van der Waals surface area contributed by atoms with Crippen molar-refractivity contribution in [1.82, 2.24) is 0 Å². The van der Waals surface area contributed by atoms with E-state index in [0.717, 1.165) is 26.1 Å². The SMILES string of the molecule is CCC(C)N(CCOC)c1cccc2c1NCCC2. The lowest BCUT2D eigenvalue weighted by Gasteiger charge is -2.34. The number of methoxy groups -OCH3 is 1. The van der Waals surface area contributed by atoms with E-state index in [4.69, 9.17) is 4.74 Å². The van der Waals surface area contributed by atoms with Gasteiger partial charge in [-0.3, -0.25) is 0 Å². The Morgan fingerprint density at radius 1 is 1.42 bits per heavy atom. The largest absolute Gasteiger partial charge is 0.383 e. The normalized spacial score (nSPS) is 15.5. The van der Waals surface area contributed by atoms with Crippen molar-refractivity contribution in [2.24, 2.45) is 0 Å². The molecule has 0 spiro atoms. The predicted molar refractivity (Wildman–Crippen MR) is 82.2 cm³/mol. The minimum atomic E-state index is 0.533. The van der Waals surface area contributed by atoms with E-state index >= 15 is 0 Å². The van der Waals surface area contributed by atoms with E-state index < -0.39 is 0 Å². The average molecular weight is 262 g/mol. The van der Waals surface area contributed by atoms with Crippen LogP contribution in [0.1, 0.15) is 32.3 Å². The maximum Gasteiger partial charge on any atom is 0.0637 e. The summed E-state index contributed by atoms with van der Waals surface area (Å²) in [5, 5.41) is 3.58. The Morgan fingerprint density at radius 3 is 3.00 bits per heavy atom. The van der Waals surface area contributed by atoms with Gasteiger partial charge in [0.1, 0.15) is 0 Å². The molecule has 1 unspecified atom stereocenters. The number of rotatable bonds is 6. The van der Waals surface area contributed by atoms with Gasteiger partial charge in [-0.05, 0) is 37.8 Å². The Morgan fingerprint density at radius 2 is 2.26 bits per heavy atom. The summed E-state index contributed by atoms with van der Waals surface area (Å²) in [4.78, 5) is 2.47. The minimum Gasteiger partial charge on any atom is -0.383 e. The van der Waals surface area contributed by atoms with E-state index in [1.165, 1.54) is 29.8 Å². The van der Waals surface area contributed by atoms with Gasteiger partial charge in [0.25, 0.3) is 0 Å². The van der Waals surface area contributed by atoms with E-state index in [9.17, 15) is 0 Å². The van der Waals surface area contributed by atoms with Crippen LogP contribution in [0, 0.1) is 0 Å². The molecule has 0 saturated carbocycles. The molecule has 1 aliphatic rings. The first-order valence-corrected chi connectivity index (χ1v) is 7.39. The van der Waals surface area contributed by atoms with Crippen molar-refractivity contribution in [2.75, 3.05) is 37.0 Å². The number of hydrogen-bond acceptors (Lipinski definition) is 3. The predicted octanol–water partition coefficient (Wildman–Crippen LogP) is 3.30. The summed E-state index contributed by atoms with van der Waals surface area (Å²) in [5.74, 6) is 0. The molecule has 1 aromatic rings. The van der Waals surface area contributed by atoms with Crippen LogP contribution in [0.2, 0.25) is 0 Å². The molecule has 0 saturated heterocycles.